The van der Waals surface area contributed by atoms with Gasteiger partial charge in [-0.1, -0.05) is 13.8 Å². The first-order chi connectivity index (χ1) is 15.4. The van der Waals surface area contributed by atoms with Crippen LogP contribution in [0.25, 0.3) is 10.6 Å². The maximum atomic E-state index is 13.0. The van der Waals surface area contributed by atoms with Crippen LogP contribution < -0.4 is 10.1 Å². The molecule has 0 spiro atoms. The largest absolute Gasteiger partial charge is 0.497 e. The summed E-state index contributed by atoms with van der Waals surface area (Å²) in [5, 5.41) is 5.79. The van der Waals surface area contributed by atoms with Gasteiger partial charge < -0.3 is 19.7 Å². The van der Waals surface area contributed by atoms with Crippen LogP contribution >= 0.6 is 11.3 Å². The fraction of sp³-hybridized carbons (Fsp3) is 0.522. The number of amides is 2. The number of hydrogen-bond acceptors (Lipinski definition) is 7. The first-order valence-corrected chi connectivity index (χ1v) is 11.8. The van der Waals surface area contributed by atoms with E-state index in [0.717, 1.165) is 41.6 Å². The van der Waals surface area contributed by atoms with Gasteiger partial charge in [0.15, 0.2) is 0 Å². The van der Waals surface area contributed by atoms with Crippen molar-refractivity contribution in [2.24, 2.45) is 5.92 Å². The van der Waals surface area contributed by atoms with Crippen LogP contribution in [0.2, 0.25) is 0 Å². The van der Waals surface area contributed by atoms with Gasteiger partial charge in [-0.05, 0) is 37.1 Å². The molecule has 3 rings (SSSR count). The highest BCUT2D eigenvalue weighted by atomic mass is 32.1. The maximum absolute atomic E-state index is 13.0. The van der Waals surface area contributed by atoms with Crippen molar-refractivity contribution >= 4 is 23.3 Å². The molecule has 1 aromatic carbocycles. The Morgan fingerprint density at radius 3 is 2.44 bits per heavy atom. The minimum atomic E-state index is -0.578. The molecule has 1 unspecified atom stereocenters. The highest BCUT2D eigenvalue weighted by molar-refractivity contribution is 7.13. The lowest BCUT2D eigenvalue weighted by Crippen LogP contribution is -2.56. The standard InChI is InChI=1S/C23H32N4O4S/c1-5-31-23(29)25-20(16(2)3)22(28)27-12-10-26(11-13-27)14-18-15-32-21(24-18)17-6-8-19(30-4)9-7-17/h6-9,15-16,20H,5,10-14H2,1-4H3,(H,25,29). The van der Waals surface area contributed by atoms with Gasteiger partial charge in [0.2, 0.25) is 5.91 Å². The molecule has 32 heavy (non-hydrogen) atoms. The normalized spacial score (nSPS) is 15.5. The Balaban J connectivity index is 1.52. The third-order valence-electron chi connectivity index (χ3n) is 5.44. The van der Waals surface area contributed by atoms with E-state index in [2.05, 4.69) is 15.6 Å². The number of nitrogens with zero attached hydrogens (tertiary/aromatic N) is 3. The Labute approximate surface area is 193 Å². The Morgan fingerprint density at radius 1 is 1.16 bits per heavy atom. The van der Waals surface area contributed by atoms with Crippen LogP contribution in [-0.4, -0.2) is 72.7 Å². The van der Waals surface area contributed by atoms with Gasteiger partial charge in [0.25, 0.3) is 0 Å². The molecule has 1 aliphatic rings. The van der Waals surface area contributed by atoms with Gasteiger partial charge in [0.1, 0.15) is 16.8 Å². The van der Waals surface area contributed by atoms with Gasteiger partial charge in [-0.2, -0.15) is 0 Å². The first-order valence-electron chi connectivity index (χ1n) is 10.9. The van der Waals surface area contributed by atoms with Gasteiger partial charge in [-0.25, -0.2) is 9.78 Å². The Kier molecular flexibility index (Phi) is 8.46. The number of piperazine rings is 1. The number of nitrogens with one attached hydrogen (secondary N) is 1. The SMILES string of the molecule is CCOC(=O)NC(C(=O)N1CCN(Cc2csc(-c3ccc(OC)cc3)n2)CC1)C(C)C. The third-order valence-corrected chi connectivity index (χ3v) is 6.38. The molecule has 9 heteroatoms. The van der Waals surface area contributed by atoms with E-state index in [4.69, 9.17) is 14.5 Å². The van der Waals surface area contributed by atoms with E-state index in [1.54, 1.807) is 25.4 Å². The minimum Gasteiger partial charge on any atom is -0.497 e. The second-order valence-corrected chi connectivity index (χ2v) is 8.92. The van der Waals surface area contributed by atoms with E-state index >= 15 is 0 Å². The fourth-order valence-electron chi connectivity index (χ4n) is 3.61. The van der Waals surface area contributed by atoms with E-state index in [0.29, 0.717) is 13.1 Å². The van der Waals surface area contributed by atoms with Gasteiger partial charge in [-0.15, -0.1) is 11.3 Å². The number of carbonyl (C=O) groups is 2. The molecule has 1 aliphatic heterocycles. The second kappa shape index (κ2) is 11.3. The molecule has 0 radical (unpaired) electrons. The second-order valence-electron chi connectivity index (χ2n) is 8.06. The van der Waals surface area contributed by atoms with Crippen LogP contribution in [0, 0.1) is 5.92 Å². The lowest BCUT2D eigenvalue weighted by atomic mass is 10.0. The summed E-state index contributed by atoms with van der Waals surface area (Å²) in [5.41, 5.74) is 2.11. The average Bonchev–Trinajstić information content (AvgIpc) is 3.26. The third kappa shape index (κ3) is 6.20. The van der Waals surface area contributed by atoms with Gasteiger partial charge in [-0.3, -0.25) is 9.69 Å². The van der Waals surface area contributed by atoms with E-state index in [1.807, 2.05) is 43.0 Å². The molecule has 2 amide bonds. The van der Waals surface area contributed by atoms with Crippen molar-refractivity contribution in [3.63, 3.8) is 0 Å². The van der Waals surface area contributed by atoms with Gasteiger partial charge in [0.05, 0.1) is 19.4 Å². The molecule has 0 saturated carbocycles. The zero-order valence-corrected chi connectivity index (χ0v) is 20.0. The lowest BCUT2D eigenvalue weighted by Gasteiger charge is -2.37. The number of benzene rings is 1. The zero-order chi connectivity index (χ0) is 23.1. The Bertz CT molecular complexity index is 892. The minimum absolute atomic E-state index is 0.0173. The van der Waals surface area contributed by atoms with Crippen LogP contribution in [0.3, 0.4) is 0 Å². The summed E-state index contributed by atoms with van der Waals surface area (Å²) in [7, 11) is 1.66. The molecule has 8 nitrogen and oxygen atoms in total. The summed E-state index contributed by atoms with van der Waals surface area (Å²) < 4.78 is 10.2. The summed E-state index contributed by atoms with van der Waals surface area (Å²) in [6.45, 7) is 9.42. The summed E-state index contributed by atoms with van der Waals surface area (Å²) in [6.07, 6.45) is -0.547. The number of ether oxygens (including phenoxy) is 2. The highest BCUT2D eigenvalue weighted by Crippen LogP contribution is 2.26. The molecule has 174 valence electrons. The fourth-order valence-corrected chi connectivity index (χ4v) is 4.43. The molecular weight excluding hydrogens is 428 g/mol. The number of thiazole rings is 1. The zero-order valence-electron chi connectivity index (χ0n) is 19.2. The number of methoxy groups -OCH3 is 1. The molecule has 1 aromatic heterocycles. The van der Waals surface area contributed by atoms with Crippen LogP contribution in [0.15, 0.2) is 29.6 Å². The van der Waals surface area contributed by atoms with Crippen molar-refractivity contribution in [3.05, 3.63) is 35.3 Å². The number of carbonyl (C=O) groups excluding carboxylic acids is 2. The topological polar surface area (TPSA) is 84.0 Å². The van der Waals surface area contributed by atoms with Crippen LogP contribution in [0.5, 0.6) is 5.75 Å². The van der Waals surface area contributed by atoms with Crippen molar-refractivity contribution in [3.8, 4) is 16.3 Å². The highest BCUT2D eigenvalue weighted by Gasteiger charge is 2.31. The molecule has 2 aromatic rings. The molecule has 0 aliphatic carbocycles. The van der Waals surface area contributed by atoms with Crippen LogP contribution in [0.1, 0.15) is 26.5 Å². The maximum Gasteiger partial charge on any atom is 0.407 e. The molecule has 1 saturated heterocycles. The average molecular weight is 461 g/mol. The summed E-state index contributed by atoms with van der Waals surface area (Å²) in [4.78, 5) is 33.7. The predicted molar refractivity (Wildman–Crippen MR) is 125 cm³/mol. The van der Waals surface area contributed by atoms with Crippen molar-refractivity contribution in [1.82, 2.24) is 20.1 Å². The Morgan fingerprint density at radius 2 is 1.84 bits per heavy atom. The first kappa shape index (κ1) is 24.0. The van der Waals surface area contributed by atoms with E-state index < -0.39 is 12.1 Å². The van der Waals surface area contributed by atoms with Crippen LogP contribution in [0.4, 0.5) is 4.79 Å². The monoisotopic (exact) mass is 460 g/mol. The molecular formula is C23H32N4O4S. The molecule has 1 N–H and O–H groups in total. The molecule has 2 heterocycles. The lowest BCUT2D eigenvalue weighted by molar-refractivity contribution is -0.136. The van der Waals surface area contributed by atoms with E-state index in [1.165, 1.54) is 0 Å². The summed E-state index contributed by atoms with van der Waals surface area (Å²) in [6, 6.07) is 7.33. The van der Waals surface area contributed by atoms with E-state index in [-0.39, 0.29) is 18.4 Å². The van der Waals surface area contributed by atoms with Crippen molar-refractivity contribution in [1.29, 1.82) is 0 Å². The quantitative estimate of drug-likeness (QED) is 0.651. The predicted octanol–water partition coefficient (Wildman–Crippen LogP) is 3.23. The Hall–Kier alpha value is -2.65. The molecule has 1 fully saturated rings. The van der Waals surface area contributed by atoms with Gasteiger partial charge >= 0.3 is 6.09 Å². The number of alkyl carbamates (subject to hydrolysis) is 1. The number of hydrogen-bond donors (Lipinski definition) is 1. The molecule has 0 bridgehead atoms. The van der Waals surface area contributed by atoms with Crippen molar-refractivity contribution in [2.75, 3.05) is 39.9 Å². The van der Waals surface area contributed by atoms with E-state index in [9.17, 15) is 9.59 Å². The van der Waals surface area contributed by atoms with Crippen molar-refractivity contribution < 1.29 is 19.1 Å². The number of rotatable bonds is 8. The molecule has 1 atom stereocenters. The summed E-state index contributed by atoms with van der Waals surface area (Å²) in [5.74, 6) is 0.759. The van der Waals surface area contributed by atoms with Crippen molar-refractivity contribution in [2.45, 2.75) is 33.4 Å². The smallest absolute Gasteiger partial charge is 0.407 e. The number of aromatic nitrogens is 1. The summed E-state index contributed by atoms with van der Waals surface area (Å²) >= 11 is 1.63. The van der Waals surface area contributed by atoms with Gasteiger partial charge in [0, 0.05) is 43.7 Å². The van der Waals surface area contributed by atoms with Crippen LogP contribution in [-0.2, 0) is 16.1 Å².